The molecule has 1 aliphatic carbocycles. The molecule has 0 aromatic heterocycles. The molecule has 2 fully saturated rings. The molecule has 0 aromatic rings. The predicted octanol–water partition coefficient (Wildman–Crippen LogP) is 0.113. The van der Waals surface area contributed by atoms with Gasteiger partial charge in [0.1, 0.15) is 0 Å². The maximum Gasteiger partial charge on any atom is 0.239 e. The summed E-state index contributed by atoms with van der Waals surface area (Å²) >= 11 is 0. The highest BCUT2D eigenvalue weighted by Gasteiger charge is 2.25. The molecule has 2 rings (SSSR count). The number of carbonyl (C=O) groups is 2. The zero-order valence-corrected chi connectivity index (χ0v) is 11.1. The first kappa shape index (κ1) is 13.3. The summed E-state index contributed by atoms with van der Waals surface area (Å²) in [7, 11) is 1.72. The molecule has 0 atom stereocenters. The van der Waals surface area contributed by atoms with E-state index in [2.05, 4.69) is 10.6 Å². The fourth-order valence-electron chi connectivity index (χ4n) is 2.29. The first-order chi connectivity index (χ1) is 8.65. The van der Waals surface area contributed by atoms with Gasteiger partial charge in [-0.15, -0.1) is 0 Å². The fourth-order valence-corrected chi connectivity index (χ4v) is 2.29. The van der Waals surface area contributed by atoms with Gasteiger partial charge in [-0.3, -0.25) is 9.59 Å². The fraction of sp³-hybridized carbons (Fsp3) is 0.846. The van der Waals surface area contributed by atoms with Crippen LogP contribution in [0.2, 0.25) is 0 Å². The highest BCUT2D eigenvalue weighted by molar-refractivity contribution is 5.85. The van der Waals surface area contributed by atoms with Gasteiger partial charge in [-0.1, -0.05) is 0 Å². The molecule has 1 heterocycles. The van der Waals surface area contributed by atoms with Crippen molar-refractivity contribution < 1.29 is 9.59 Å². The van der Waals surface area contributed by atoms with Gasteiger partial charge in [0.2, 0.25) is 11.8 Å². The minimum Gasteiger partial charge on any atom is -0.352 e. The summed E-state index contributed by atoms with van der Waals surface area (Å²) in [5.74, 6) is 0.541. The van der Waals surface area contributed by atoms with E-state index in [-0.39, 0.29) is 18.4 Å². The second-order valence-electron chi connectivity index (χ2n) is 5.49. The minimum absolute atomic E-state index is 0.0290. The number of hydrogen-bond acceptors (Lipinski definition) is 3. The van der Waals surface area contributed by atoms with E-state index < -0.39 is 0 Å². The number of amides is 2. The van der Waals surface area contributed by atoms with Crippen molar-refractivity contribution in [2.24, 2.45) is 5.92 Å². The second kappa shape index (κ2) is 6.18. The summed E-state index contributed by atoms with van der Waals surface area (Å²) in [6, 6.07) is 0.366. The Labute approximate surface area is 108 Å². The SMILES string of the molecule is CN(CC(=O)NC1CC1)C(=O)CC1CCNCC1. The molecule has 5 heteroatoms. The standard InChI is InChI=1S/C13H23N3O2/c1-16(9-12(17)15-11-2-3-11)13(18)8-10-4-6-14-7-5-10/h10-11,14H,2-9H2,1H3,(H,15,17). The van der Waals surface area contributed by atoms with Crippen LogP contribution in [0.1, 0.15) is 32.1 Å². The molecule has 18 heavy (non-hydrogen) atoms. The molecule has 2 N–H and O–H groups in total. The lowest BCUT2D eigenvalue weighted by Crippen LogP contribution is -2.40. The number of piperidine rings is 1. The lowest BCUT2D eigenvalue weighted by atomic mass is 9.94. The maximum absolute atomic E-state index is 12.0. The van der Waals surface area contributed by atoms with E-state index in [0.29, 0.717) is 18.4 Å². The third-order valence-corrected chi connectivity index (χ3v) is 3.67. The molecule has 1 aliphatic heterocycles. The number of hydrogen-bond donors (Lipinski definition) is 2. The van der Waals surface area contributed by atoms with Crippen LogP contribution in [0.4, 0.5) is 0 Å². The molecule has 0 spiro atoms. The third kappa shape index (κ3) is 4.29. The van der Waals surface area contributed by atoms with Crippen LogP contribution in [-0.2, 0) is 9.59 Å². The van der Waals surface area contributed by atoms with Gasteiger partial charge in [-0.2, -0.15) is 0 Å². The Kier molecular flexibility index (Phi) is 4.58. The number of rotatable bonds is 5. The van der Waals surface area contributed by atoms with Gasteiger partial charge in [-0.05, 0) is 44.7 Å². The first-order valence-corrected chi connectivity index (χ1v) is 6.89. The van der Waals surface area contributed by atoms with Gasteiger partial charge in [0.25, 0.3) is 0 Å². The molecule has 5 nitrogen and oxygen atoms in total. The Morgan fingerprint density at radius 1 is 1.22 bits per heavy atom. The van der Waals surface area contributed by atoms with E-state index >= 15 is 0 Å². The summed E-state index contributed by atoms with van der Waals surface area (Å²) in [5.41, 5.74) is 0. The third-order valence-electron chi connectivity index (χ3n) is 3.67. The monoisotopic (exact) mass is 253 g/mol. The lowest BCUT2D eigenvalue weighted by molar-refractivity contribution is -0.135. The minimum atomic E-state index is -0.0290. The summed E-state index contributed by atoms with van der Waals surface area (Å²) in [5, 5.41) is 6.19. The largest absolute Gasteiger partial charge is 0.352 e. The van der Waals surface area contributed by atoms with Crippen LogP contribution in [0.15, 0.2) is 0 Å². The number of likely N-dealkylation sites (N-methyl/N-ethyl adjacent to an activating group) is 1. The smallest absolute Gasteiger partial charge is 0.239 e. The number of nitrogens with one attached hydrogen (secondary N) is 2. The normalized spacial score (nSPS) is 20.5. The first-order valence-electron chi connectivity index (χ1n) is 6.89. The van der Waals surface area contributed by atoms with Crippen LogP contribution in [0.25, 0.3) is 0 Å². The summed E-state index contributed by atoms with van der Waals surface area (Å²) in [6.07, 6.45) is 4.87. The maximum atomic E-state index is 12.0. The topological polar surface area (TPSA) is 61.4 Å². The van der Waals surface area contributed by atoms with E-state index in [1.807, 2.05) is 0 Å². The Hall–Kier alpha value is -1.10. The molecule has 0 bridgehead atoms. The van der Waals surface area contributed by atoms with Gasteiger partial charge in [0, 0.05) is 19.5 Å². The Morgan fingerprint density at radius 3 is 2.50 bits per heavy atom. The van der Waals surface area contributed by atoms with E-state index in [1.54, 1.807) is 11.9 Å². The molecule has 0 aromatic carbocycles. The van der Waals surface area contributed by atoms with Crippen molar-refractivity contribution in [1.29, 1.82) is 0 Å². The average molecular weight is 253 g/mol. The Bertz CT molecular complexity index is 309. The molecule has 2 amide bonds. The Morgan fingerprint density at radius 2 is 1.89 bits per heavy atom. The van der Waals surface area contributed by atoms with Crippen LogP contribution < -0.4 is 10.6 Å². The quantitative estimate of drug-likeness (QED) is 0.731. The predicted molar refractivity (Wildman–Crippen MR) is 69.0 cm³/mol. The molecule has 1 saturated carbocycles. The van der Waals surface area contributed by atoms with Crippen molar-refractivity contribution in [3.63, 3.8) is 0 Å². The highest BCUT2D eigenvalue weighted by atomic mass is 16.2. The van der Waals surface area contributed by atoms with Crippen molar-refractivity contribution >= 4 is 11.8 Å². The van der Waals surface area contributed by atoms with Gasteiger partial charge >= 0.3 is 0 Å². The Balaban J connectivity index is 1.67. The van der Waals surface area contributed by atoms with E-state index in [4.69, 9.17) is 0 Å². The molecule has 1 saturated heterocycles. The molecule has 102 valence electrons. The zero-order chi connectivity index (χ0) is 13.0. The molecular weight excluding hydrogens is 230 g/mol. The van der Waals surface area contributed by atoms with Crippen LogP contribution >= 0.6 is 0 Å². The summed E-state index contributed by atoms with van der Waals surface area (Å²) in [6.45, 7) is 2.20. The van der Waals surface area contributed by atoms with Crippen molar-refractivity contribution in [3.05, 3.63) is 0 Å². The van der Waals surface area contributed by atoms with Crippen LogP contribution in [0.5, 0.6) is 0 Å². The van der Waals surface area contributed by atoms with Gasteiger partial charge in [0.15, 0.2) is 0 Å². The van der Waals surface area contributed by atoms with Crippen molar-refractivity contribution in [2.75, 3.05) is 26.7 Å². The van der Waals surface area contributed by atoms with Crippen molar-refractivity contribution in [3.8, 4) is 0 Å². The van der Waals surface area contributed by atoms with Crippen LogP contribution in [0.3, 0.4) is 0 Å². The van der Waals surface area contributed by atoms with Crippen molar-refractivity contribution in [1.82, 2.24) is 15.5 Å². The van der Waals surface area contributed by atoms with Gasteiger partial charge < -0.3 is 15.5 Å². The van der Waals surface area contributed by atoms with E-state index in [9.17, 15) is 9.59 Å². The van der Waals surface area contributed by atoms with Crippen molar-refractivity contribution in [2.45, 2.75) is 38.1 Å². The zero-order valence-electron chi connectivity index (χ0n) is 11.1. The van der Waals surface area contributed by atoms with Gasteiger partial charge in [0.05, 0.1) is 6.54 Å². The van der Waals surface area contributed by atoms with E-state index in [1.165, 1.54) is 0 Å². The molecule has 2 aliphatic rings. The number of nitrogens with zero attached hydrogens (tertiary/aromatic N) is 1. The van der Waals surface area contributed by atoms with Gasteiger partial charge in [-0.25, -0.2) is 0 Å². The molecule has 0 radical (unpaired) electrons. The lowest BCUT2D eigenvalue weighted by Gasteiger charge is -2.24. The molecule has 0 unspecified atom stereocenters. The van der Waals surface area contributed by atoms with Crippen LogP contribution in [-0.4, -0.2) is 49.4 Å². The second-order valence-corrected chi connectivity index (χ2v) is 5.49. The van der Waals surface area contributed by atoms with Crippen LogP contribution in [0, 0.1) is 5.92 Å². The molecular formula is C13H23N3O2. The highest BCUT2D eigenvalue weighted by Crippen LogP contribution is 2.19. The summed E-state index contributed by atoms with van der Waals surface area (Å²) in [4.78, 5) is 25.1. The summed E-state index contributed by atoms with van der Waals surface area (Å²) < 4.78 is 0. The number of carbonyl (C=O) groups excluding carboxylic acids is 2. The van der Waals surface area contributed by atoms with E-state index in [0.717, 1.165) is 38.8 Å². The average Bonchev–Trinajstić information content (AvgIpc) is 3.14.